The van der Waals surface area contributed by atoms with Gasteiger partial charge in [-0.25, -0.2) is 0 Å². The first-order chi connectivity index (χ1) is 14.6. The molecular formula is C25H28ClN3O. The molecular weight excluding hydrogens is 394 g/mol. The van der Waals surface area contributed by atoms with E-state index in [9.17, 15) is 0 Å². The van der Waals surface area contributed by atoms with Crippen LogP contribution in [0.5, 0.6) is 0 Å². The third-order valence-corrected chi connectivity index (χ3v) is 6.23. The molecule has 0 N–H and O–H groups in total. The van der Waals surface area contributed by atoms with Crippen molar-refractivity contribution in [3.63, 3.8) is 0 Å². The average molecular weight is 422 g/mol. The van der Waals surface area contributed by atoms with E-state index in [1.807, 2.05) is 30.3 Å². The predicted octanol–water partition coefficient (Wildman–Crippen LogP) is 6.51. The molecule has 2 aromatic carbocycles. The molecule has 1 aliphatic rings. The van der Waals surface area contributed by atoms with Crippen molar-refractivity contribution in [2.24, 2.45) is 11.8 Å². The number of nitrogens with zero attached hydrogens (tertiary/aromatic N) is 3. The SMILES string of the molecule is CN(C)C(c1ccccc1)C1CCC(/C=C/c2nc(-c3cccc(Cl)c3)no2)CC1. The molecule has 3 aromatic rings. The molecule has 0 spiro atoms. The van der Waals surface area contributed by atoms with E-state index in [1.165, 1.54) is 31.2 Å². The normalized spacial score (nSPS) is 20.7. The second-order valence-corrected chi connectivity index (χ2v) is 8.76. The van der Waals surface area contributed by atoms with Crippen molar-refractivity contribution in [3.05, 3.63) is 77.2 Å². The third kappa shape index (κ3) is 5.00. The smallest absolute Gasteiger partial charge is 0.250 e. The van der Waals surface area contributed by atoms with Crippen molar-refractivity contribution in [2.75, 3.05) is 14.1 Å². The molecule has 0 aliphatic heterocycles. The molecule has 1 fully saturated rings. The van der Waals surface area contributed by atoms with Crippen LogP contribution in [0.4, 0.5) is 0 Å². The minimum atomic E-state index is 0.479. The Balaban J connectivity index is 1.36. The topological polar surface area (TPSA) is 42.2 Å². The summed E-state index contributed by atoms with van der Waals surface area (Å²) in [4.78, 5) is 6.85. The molecule has 1 heterocycles. The molecule has 1 unspecified atom stereocenters. The van der Waals surface area contributed by atoms with Gasteiger partial charge in [0, 0.05) is 16.6 Å². The Morgan fingerprint density at radius 1 is 1.03 bits per heavy atom. The van der Waals surface area contributed by atoms with Gasteiger partial charge < -0.3 is 9.42 Å². The number of benzene rings is 2. The van der Waals surface area contributed by atoms with Crippen LogP contribution in [0.3, 0.4) is 0 Å². The van der Waals surface area contributed by atoms with Crippen LogP contribution in [0.1, 0.15) is 43.2 Å². The number of hydrogen-bond donors (Lipinski definition) is 0. The van der Waals surface area contributed by atoms with E-state index in [-0.39, 0.29) is 0 Å². The van der Waals surface area contributed by atoms with Gasteiger partial charge in [-0.1, -0.05) is 65.3 Å². The molecule has 0 amide bonds. The van der Waals surface area contributed by atoms with Gasteiger partial charge in [-0.15, -0.1) is 0 Å². The lowest BCUT2D eigenvalue weighted by molar-refractivity contribution is 0.159. The number of hydrogen-bond acceptors (Lipinski definition) is 4. The lowest BCUT2D eigenvalue weighted by Crippen LogP contribution is -2.30. The number of rotatable bonds is 6. The first-order valence-electron chi connectivity index (χ1n) is 10.6. The van der Waals surface area contributed by atoms with E-state index in [0.29, 0.717) is 34.6 Å². The highest BCUT2D eigenvalue weighted by Crippen LogP contribution is 2.39. The summed E-state index contributed by atoms with van der Waals surface area (Å²) in [6.07, 6.45) is 9.03. The second kappa shape index (κ2) is 9.59. The summed E-state index contributed by atoms with van der Waals surface area (Å²) < 4.78 is 5.40. The Kier molecular flexibility index (Phi) is 6.66. The zero-order chi connectivity index (χ0) is 20.9. The monoisotopic (exact) mass is 421 g/mol. The van der Waals surface area contributed by atoms with Gasteiger partial charge in [-0.3, -0.25) is 0 Å². The van der Waals surface area contributed by atoms with E-state index in [1.54, 1.807) is 0 Å². The Hall–Kier alpha value is -2.43. The van der Waals surface area contributed by atoms with Gasteiger partial charge >= 0.3 is 0 Å². The maximum absolute atomic E-state index is 6.05. The fourth-order valence-electron chi connectivity index (χ4n) is 4.56. The molecule has 4 rings (SSSR count). The Bertz CT molecular complexity index is 975. The summed E-state index contributed by atoms with van der Waals surface area (Å²) in [5.74, 6) is 2.35. The molecule has 30 heavy (non-hydrogen) atoms. The summed E-state index contributed by atoms with van der Waals surface area (Å²) in [6.45, 7) is 0. The largest absolute Gasteiger partial charge is 0.334 e. The lowest BCUT2D eigenvalue weighted by atomic mass is 9.76. The number of aromatic nitrogens is 2. The zero-order valence-electron chi connectivity index (χ0n) is 17.5. The van der Waals surface area contributed by atoms with E-state index in [4.69, 9.17) is 16.1 Å². The van der Waals surface area contributed by atoms with Gasteiger partial charge in [0.05, 0.1) is 0 Å². The van der Waals surface area contributed by atoms with Gasteiger partial charge in [-0.2, -0.15) is 4.98 Å². The van der Waals surface area contributed by atoms with Gasteiger partial charge in [0.1, 0.15) is 0 Å². The lowest BCUT2D eigenvalue weighted by Gasteiger charge is -2.37. The molecule has 1 saturated carbocycles. The van der Waals surface area contributed by atoms with Crippen LogP contribution < -0.4 is 0 Å². The maximum atomic E-state index is 6.05. The van der Waals surface area contributed by atoms with E-state index in [0.717, 1.165) is 5.56 Å². The number of allylic oxidation sites excluding steroid dienone is 1. The van der Waals surface area contributed by atoms with Gasteiger partial charge in [0.15, 0.2) is 0 Å². The van der Waals surface area contributed by atoms with Crippen LogP contribution in [0.25, 0.3) is 17.5 Å². The van der Waals surface area contributed by atoms with Crippen molar-refractivity contribution in [3.8, 4) is 11.4 Å². The summed E-state index contributed by atoms with van der Waals surface area (Å²) in [5, 5.41) is 4.74. The molecule has 1 atom stereocenters. The van der Waals surface area contributed by atoms with Crippen molar-refractivity contribution in [2.45, 2.75) is 31.7 Å². The van der Waals surface area contributed by atoms with Gasteiger partial charge in [-0.05, 0) is 75.4 Å². The summed E-state index contributed by atoms with van der Waals surface area (Å²) in [6, 6.07) is 18.9. The predicted molar refractivity (Wildman–Crippen MR) is 122 cm³/mol. The van der Waals surface area contributed by atoms with Crippen LogP contribution in [0.2, 0.25) is 5.02 Å². The highest BCUT2D eigenvalue weighted by atomic mass is 35.5. The quantitative estimate of drug-likeness (QED) is 0.454. The average Bonchev–Trinajstić information content (AvgIpc) is 3.23. The van der Waals surface area contributed by atoms with E-state index in [2.05, 4.69) is 65.5 Å². The Morgan fingerprint density at radius 2 is 1.80 bits per heavy atom. The molecule has 1 aromatic heterocycles. The van der Waals surface area contributed by atoms with Crippen molar-refractivity contribution in [1.82, 2.24) is 15.0 Å². The molecule has 0 saturated heterocycles. The second-order valence-electron chi connectivity index (χ2n) is 8.32. The van der Waals surface area contributed by atoms with Gasteiger partial charge in [0.2, 0.25) is 5.82 Å². The van der Waals surface area contributed by atoms with Crippen LogP contribution in [-0.4, -0.2) is 29.1 Å². The van der Waals surface area contributed by atoms with Crippen LogP contribution in [0.15, 0.2) is 65.2 Å². The van der Waals surface area contributed by atoms with Crippen molar-refractivity contribution < 1.29 is 4.52 Å². The van der Waals surface area contributed by atoms with Crippen molar-refractivity contribution in [1.29, 1.82) is 0 Å². The highest BCUT2D eigenvalue weighted by molar-refractivity contribution is 6.30. The molecule has 4 nitrogen and oxygen atoms in total. The summed E-state index contributed by atoms with van der Waals surface area (Å²) >= 11 is 6.05. The minimum Gasteiger partial charge on any atom is -0.334 e. The molecule has 0 bridgehead atoms. The fraction of sp³-hybridized carbons (Fsp3) is 0.360. The zero-order valence-corrected chi connectivity index (χ0v) is 18.3. The maximum Gasteiger partial charge on any atom is 0.250 e. The third-order valence-electron chi connectivity index (χ3n) is 6.00. The summed E-state index contributed by atoms with van der Waals surface area (Å²) in [7, 11) is 4.38. The fourth-order valence-corrected chi connectivity index (χ4v) is 4.75. The first kappa shape index (κ1) is 20.8. The number of halogens is 1. The van der Waals surface area contributed by atoms with Gasteiger partial charge in [0.25, 0.3) is 5.89 Å². The Morgan fingerprint density at radius 3 is 2.50 bits per heavy atom. The molecule has 5 heteroatoms. The molecule has 156 valence electrons. The van der Waals surface area contributed by atoms with Crippen LogP contribution >= 0.6 is 11.6 Å². The van der Waals surface area contributed by atoms with E-state index < -0.39 is 0 Å². The molecule has 1 aliphatic carbocycles. The van der Waals surface area contributed by atoms with Crippen LogP contribution in [0, 0.1) is 11.8 Å². The Labute approximate surface area is 183 Å². The van der Waals surface area contributed by atoms with Crippen LogP contribution in [-0.2, 0) is 0 Å². The molecule has 0 radical (unpaired) electrons. The van der Waals surface area contributed by atoms with Crippen molar-refractivity contribution >= 4 is 17.7 Å². The summed E-state index contributed by atoms with van der Waals surface area (Å²) in [5.41, 5.74) is 2.28. The minimum absolute atomic E-state index is 0.479. The highest BCUT2D eigenvalue weighted by Gasteiger charge is 2.29. The van der Waals surface area contributed by atoms with E-state index >= 15 is 0 Å². The first-order valence-corrected chi connectivity index (χ1v) is 11.0. The standard InChI is InChI=1S/C25H28ClN3O/c1-29(2)24(19-7-4-3-5-8-19)20-14-11-18(12-15-20)13-16-23-27-25(28-30-23)21-9-6-10-22(26)17-21/h3-10,13,16-18,20,24H,11-12,14-15H2,1-2H3/b16-13+.